The lowest BCUT2D eigenvalue weighted by Crippen LogP contribution is -2.00. The molecule has 2 rings (SSSR count). The summed E-state index contributed by atoms with van der Waals surface area (Å²) < 4.78 is 27.4. The quantitative estimate of drug-likeness (QED) is 0.446. The van der Waals surface area contributed by atoms with Gasteiger partial charge >= 0.3 is 0 Å². The fourth-order valence-corrected chi connectivity index (χ4v) is 2.60. The molecule has 0 aromatic heterocycles. The van der Waals surface area contributed by atoms with Gasteiger partial charge < -0.3 is 0 Å². The van der Waals surface area contributed by atoms with Crippen LogP contribution in [0.25, 0.3) is 0 Å². The molecular formula is C17H16Cl2F2. The summed E-state index contributed by atoms with van der Waals surface area (Å²) in [6.45, 7) is 4.26. The molecule has 0 aliphatic carbocycles. The van der Waals surface area contributed by atoms with Crippen LogP contribution in [0.1, 0.15) is 48.3 Å². The Morgan fingerprint density at radius 1 is 1.00 bits per heavy atom. The molecule has 0 spiro atoms. The van der Waals surface area contributed by atoms with Crippen molar-refractivity contribution in [3.8, 4) is 0 Å². The van der Waals surface area contributed by atoms with E-state index in [0.29, 0.717) is 5.92 Å². The molecule has 0 saturated carbocycles. The van der Waals surface area contributed by atoms with Gasteiger partial charge in [0.1, 0.15) is 11.6 Å². The van der Waals surface area contributed by atoms with Gasteiger partial charge in [0, 0.05) is 5.56 Å². The van der Waals surface area contributed by atoms with E-state index in [9.17, 15) is 8.78 Å². The van der Waals surface area contributed by atoms with E-state index in [1.54, 1.807) is 0 Å². The second kappa shape index (κ2) is 6.76. The number of hydrogen-bond donors (Lipinski definition) is 0. The molecule has 0 saturated heterocycles. The van der Waals surface area contributed by atoms with Crippen molar-refractivity contribution in [2.75, 3.05) is 0 Å². The first-order valence-corrected chi connectivity index (χ1v) is 7.63. The van der Waals surface area contributed by atoms with Gasteiger partial charge in [-0.3, -0.25) is 0 Å². The summed E-state index contributed by atoms with van der Waals surface area (Å²) in [5, 5.41) is -0.991. The van der Waals surface area contributed by atoms with Crippen molar-refractivity contribution in [2.45, 2.75) is 31.6 Å². The maximum Gasteiger partial charge on any atom is 0.142 e. The molecule has 0 heterocycles. The van der Waals surface area contributed by atoms with Gasteiger partial charge in [-0.15, -0.1) is 11.6 Å². The average Bonchev–Trinajstić information content (AvgIpc) is 2.49. The Hall–Kier alpha value is -1.12. The van der Waals surface area contributed by atoms with Crippen LogP contribution in [0.5, 0.6) is 0 Å². The van der Waals surface area contributed by atoms with Gasteiger partial charge in [-0.25, -0.2) is 8.78 Å². The topological polar surface area (TPSA) is 0 Å². The van der Waals surface area contributed by atoms with Crippen LogP contribution < -0.4 is 0 Å². The lowest BCUT2D eigenvalue weighted by Gasteiger charge is -2.14. The maximum atomic E-state index is 13.9. The normalized spacial score (nSPS) is 14.0. The van der Waals surface area contributed by atoms with Crippen LogP contribution in [0, 0.1) is 11.6 Å². The van der Waals surface area contributed by atoms with E-state index < -0.39 is 17.0 Å². The number of benzene rings is 2. The molecule has 0 amide bonds. The van der Waals surface area contributed by atoms with E-state index in [1.807, 2.05) is 24.3 Å². The molecule has 112 valence electrons. The maximum absolute atomic E-state index is 13.9. The van der Waals surface area contributed by atoms with Crippen LogP contribution in [0.15, 0.2) is 36.4 Å². The van der Waals surface area contributed by atoms with Crippen LogP contribution in [0.4, 0.5) is 8.78 Å². The molecule has 0 radical (unpaired) electrons. The predicted molar refractivity (Wildman–Crippen MR) is 84.2 cm³/mol. The summed E-state index contributed by atoms with van der Waals surface area (Å²) in [5.41, 5.74) is 2.02. The van der Waals surface area contributed by atoms with Crippen molar-refractivity contribution in [3.63, 3.8) is 0 Å². The molecule has 2 unspecified atom stereocenters. The minimum absolute atomic E-state index is 0.0925. The lowest BCUT2D eigenvalue weighted by molar-refractivity contribution is 0.587. The van der Waals surface area contributed by atoms with Crippen molar-refractivity contribution in [3.05, 3.63) is 69.7 Å². The highest BCUT2D eigenvalue weighted by Crippen LogP contribution is 2.33. The van der Waals surface area contributed by atoms with Crippen molar-refractivity contribution in [1.29, 1.82) is 0 Å². The van der Waals surface area contributed by atoms with Gasteiger partial charge in [0.05, 0.1) is 10.4 Å². The molecule has 0 fully saturated rings. The number of hydrogen-bond acceptors (Lipinski definition) is 0. The molecule has 0 aliphatic rings. The molecular weight excluding hydrogens is 313 g/mol. The van der Waals surface area contributed by atoms with Crippen molar-refractivity contribution >= 4 is 23.2 Å². The largest absolute Gasteiger partial charge is 0.207 e. The molecule has 0 N–H and O–H groups in total. The molecule has 4 heteroatoms. The number of halogens is 4. The van der Waals surface area contributed by atoms with Gasteiger partial charge in [0.15, 0.2) is 0 Å². The Kier molecular flexibility index (Phi) is 5.23. The standard InChI is InChI=1S/C17H16Cl2F2/c1-3-10(2)11-4-6-12(7-5-11)17(19)13-8-16(21)14(18)9-15(13)20/h4-10,17H,3H2,1-2H3. The average molecular weight is 329 g/mol. The minimum atomic E-state index is -0.747. The monoisotopic (exact) mass is 328 g/mol. The molecule has 2 aromatic rings. The van der Waals surface area contributed by atoms with Crippen LogP contribution in [-0.4, -0.2) is 0 Å². The first-order chi connectivity index (χ1) is 9.93. The zero-order chi connectivity index (χ0) is 15.6. The third kappa shape index (κ3) is 3.56. The summed E-state index contributed by atoms with van der Waals surface area (Å²) in [5.74, 6) is -0.820. The Labute approximate surface area is 133 Å². The first kappa shape index (κ1) is 16.3. The van der Waals surface area contributed by atoms with Crippen LogP contribution in [0.2, 0.25) is 5.02 Å². The lowest BCUT2D eigenvalue weighted by atomic mass is 9.96. The van der Waals surface area contributed by atoms with E-state index in [4.69, 9.17) is 23.2 Å². The zero-order valence-electron chi connectivity index (χ0n) is 11.8. The fraction of sp³-hybridized carbons (Fsp3) is 0.294. The fourth-order valence-electron chi connectivity index (χ4n) is 2.14. The Morgan fingerprint density at radius 3 is 2.14 bits per heavy atom. The molecule has 0 aliphatic heterocycles. The number of alkyl halides is 1. The minimum Gasteiger partial charge on any atom is -0.207 e. The van der Waals surface area contributed by atoms with Crippen LogP contribution >= 0.6 is 23.2 Å². The second-order valence-electron chi connectivity index (χ2n) is 5.13. The molecule has 2 atom stereocenters. The summed E-state index contributed by atoms with van der Waals surface area (Å²) in [4.78, 5) is 0. The molecule has 0 bridgehead atoms. The highest BCUT2D eigenvalue weighted by atomic mass is 35.5. The van der Waals surface area contributed by atoms with Crippen molar-refractivity contribution < 1.29 is 8.78 Å². The van der Waals surface area contributed by atoms with Gasteiger partial charge in [0.2, 0.25) is 0 Å². The van der Waals surface area contributed by atoms with E-state index in [1.165, 1.54) is 5.56 Å². The Bertz CT molecular complexity index is 623. The van der Waals surface area contributed by atoms with Gasteiger partial charge in [-0.2, -0.15) is 0 Å². The first-order valence-electron chi connectivity index (χ1n) is 6.82. The van der Waals surface area contributed by atoms with Crippen LogP contribution in [-0.2, 0) is 0 Å². The predicted octanol–water partition coefficient (Wildman–Crippen LogP) is 6.46. The third-order valence-electron chi connectivity index (χ3n) is 3.72. The van der Waals surface area contributed by atoms with E-state index in [2.05, 4.69) is 13.8 Å². The summed E-state index contributed by atoms with van der Waals surface area (Å²) >= 11 is 11.8. The SMILES string of the molecule is CCC(C)c1ccc(C(Cl)c2cc(F)c(Cl)cc2F)cc1. The van der Waals surface area contributed by atoms with Gasteiger partial charge in [0.25, 0.3) is 0 Å². The Morgan fingerprint density at radius 2 is 1.57 bits per heavy atom. The van der Waals surface area contributed by atoms with Crippen LogP contribution in [0.3, 0.4) is 0 Å². The highest BCUT2D eigenvalue weighted by molar-refractivity contribution is 6.30. The highest BCUT2D eigenvalue weighted by Gasteiger charge is 2.18. The van der Waals surface area contributed by atoms with E-state index >= 15 is 0 Å². The van der Waals surface area contributed by atoms with E-state index in [0.717, 1.165) is 24.1 Å². The molecule has 0 nitrogen and oxygen atoms in total. The van der Waals surface area contributed by atoms with E-state index in [-0.39, 0.29) is 10.6 Å². The summed E-state index contributed by atoms with van der Waals surface area (Å²) in [6, 6.07) is 9.66. The summed E-state index contributed by atoms with van der Waals surface area (Å²) in [7, 11) is 0. The Balaban J connectivity index is 2.32. The third-order valence-corrected chi connectivity index (χ3v) is 4.50. The van der Waals surface area contributed by atoms with Gasteiger partial charge in [-0.05, 0) is 35.6 Å². The molecule has 2 aromatic carbocycles. The summed E-state index contributed by atoms with van der Waals surface area (Å²) in [6.07, 6.45) is 1.04. The zero-order valence-corrected chi connectivity index (χ0v) is 13.3. The smallest absolute Gasteiger partial charge is 0.142 e. The van der Waals surface area contributed by atoms with Crippen molar-refractivity contribution in [1.82, 2.24) is 0 Å². The second-order valence-corrected chi connectivity index (χ2v) is 5.97. The van der Waals surface area contributed by atoms with Gasteiger partial charge in [-0.1, -0.05) is 49.7 Å². The molecule has 21 heavy (non-hydrogen) atoms. The number of rotatable bonds is 4. The van der Waals surface area contributed by atoms with Crippen molar-refractivity contribution in [2.24, 2.45) is 0 Å².